The van der Waals surface area contributed by atoms with E-state index >= 15 is 0 Å². The predicted octanol–water partition coefficient (Wildman–Crippen LogP) is 1.37. The van der Waals surface area contributed by atoms with E-state index in [-0.39, 0.29) is 0 Å². The van der Waals surface area contributed by atoms with Gasteiger partial charge in [-0.2, -0.15) is 0 Å². The minimum atomic E-state index is 0.741. The van der Waals surface area contributed by atoms with Crippen LogP contribution in [0.25, 0.3) is 0 Å². The first kappa shape index (κ1) is 11.5. The highest BCUT2D eigenvalue weighted by molar-refractivity contribution is 5.00. The maximum Gasteiger partial charge on any atom is 0.0601 e. The zero-order valence-electron chi connectivity index (χ0n) is 8.39. The van der Waals surface area contributed by atoms with Crippen LogP contribution in [0.3, 0.4) is 0 Å². The third-order valence-corrected chi connectivity index (χ3v) is 1.75. The molecule has 0 unspecified atom stereocenters. The van der Waals surface area contributed by atoms with Crippen LogP contribution >= 0.6 is 0 Å². The Hall–Kier alpha value is -0.520. The summed E-state index contributed by atoms with van der Waals surface area (Å²) in [5.41, 5.74) is 0. The van der Waals surface area contributed by atoms with Crippen LogP contribution in [0.4, 0.5) is 0 Å². The van der Waals surface area contributed by atoms with Crippen molar-refractivity contribution in [1.82, 2.24) is 4.90 Å². The number of rotatable bonds is 5. The normalized spacial score (nSPS) is 9.67. The van der Waals surface area contributed by atoms with Crippen LogP contribution in [-0.2, 0) is 4.74 Å². The van der Waals surface area contributed by atoms with Crippen molar-refractivity contribution in [3.63, 3.8) is 0 Å². The lowest BCUT2D eigenvalue weighted by Crippen LogP contribution is -2.22. The molecule has 0 aromatic rings. The van der Waals surface area contributed by atoms with E-state index in [1.807, 2.05) is 0 Å². The van der Waals surface area contributed by atoms with E-state index in [1.54, 1.807) is 7.11 Å². The van der Waals surface area contributed by atoms with Gasteiger partial charge in [-0.25, -0.2) is 0 Å². The SMILES string of the molecule is CCN(CC)CC#CCCOC. The fourth-order valence-electron chi connectivity index (χ4n) is 0.856. The molecule has 0 aliphatic heterocycles. The summed E-state index contributed by atoms with van der Waals surface area (Å²) in [5, 5.41) is 0. The van der Waals surface area contributed by atoms with Crippen molar-refractivity contribution in [1.29, 1.82) is 0 Å². The lowest BCUT2D eigenvalue weighted by Gasteiger charge is -2.13. The van der Waals surface area contributed by atoms with Crippen molar-refractivity contribution in [2.45, 2.75) is 20.3 Å². The number of methoxy groups -OCH3 is 1. The van der Waals surface area contributed by atoms with Gasteiger partial charge in [0.15, 0.2) is 0 Å². The van der Waals surface area contributed by atoms with Gasteiger partial charge in [0, 0.05) is 13.5 Å². The molecule has 0 aromatic heterocycles. The molecular formula is C10H19NO. The Labute approximate surface area is 75.9 Å². The van der Waals surface area contributed by atoms with Crippen LogP contribution in [0.1, 0.15) is 20.3 Å². The van der Waals surface area contributed by atoms with Crippen molar-refractivity contribution >= 4 is 0 Å². The Morgan fingerprint density at radius 2 is 1.83 bits per heavy atom. The van der Waals surface area contributed by atoms with E-state index in [0.717, 1.165) is 32.7 Å². The molecule has 0 N–H and O–H groups in total. The van der Waals surface area contributed by atoms with E-state index in [4.69, 9.17) is 4.74 Å². The molecule has 70 valence electrons. The second-order valence-electron chi connectivity index (χ2n) is 2.56. The number of hydrogen-bond donors (Lipinski definition) is 0. The van der Waals surface area contributed by atoms with Crippen molar-refractivity contribution in [2.75, 3.05) is 33.4 Å². The average molecular weight is 169 g/mol. The second kappa shape index (κ2) is 8.58. The summed E-state index contributed by atoms with van der Waals surface area (Å²) >= 11 is 0. The Kier molecular flexibility index (Phi) is 8.20. The molecule has 2 heteroatoms. The van der Waals surface area contributed by atoms with Gasteiger partial charge in [0.2, 0.25) is 0 Å². The van der Waals surface area contributed by atoms with Crippen LogP contribution in [0.2, 0.25) is 0 Å². The molecule has 12 heavy (non-hydrogen) atoms. The molecule has 0 atom stereocenters. The average Bonchev–Trinajstić information content (AvgIpc) is 2.11. The summed E-state index contributed by atoms with van der Waals surface area (Å²) in [6.45, 7) is 8.09. The molecule has 0 amide bonds. The fourth-order valence-corrected chi connectivity index (χ4v) is 0.856. The molecule has 0 heterocycles. The molecular weight excluding hydrogens is 150 g/mol. The van der Waals surface area contributed by atoms with Crippen LogP contribution in [0.15, 0.2) is 0 Å². The summed E-state index contributed by atoms with van der Waals surface area (Å²) in [7, 11) is 1.70. The van der Waals surface area contributed by atoms with Crippen LogP contribution < -0.4 is 0 Å². The minimum absolute atomic E-state index is 0.741. The molecule has 2 nitrogen and oxygen atoms in total. The first-order valence-electron chi connectivity index (χ1n) is 4.52. The lowest BCUT2D eigenvalue weighted by atomic mass is 10.4. The first-order chi connectivity index (χ1) is 5.85. The lowest BCUT2D eigenvalue weighted by molar-refractivity contribution is 0.206. The monoisotopic (exact) mass is 169 g/mol. The molecule has 0 bridgehead atoms. The largest absolute Gasteiger partial charge is 0.384 e. The predicted molar refractivity (Wildman–Crippen MR) is 52.1 cm³/mol. The quantitative estimate of drug-likeness (QED) is 0.455. The van der Waals surface area contributed by atoms with Crippen molar-refractivity contribution in [3.8, 4) is 11.8 Å². The van der Waals surface area contributed by atoms with E-state index in [2.05, 4.69) is 30.6 Å². The van der Waals surface area contributed by atoms with Gasteiger partial charge in [-0.15, -0.1) is 0 Å². The highest BCUT2D eigenvalue weighted by Gasteiger charge is 1.92. The standard InChI is InChI=1S/C10H19NO/c1-4-11(5-2)9-7-6-8-10-12-3/h4-5,8-10H2,1-3H3. The molecule has 0 saturated carbocycles. The van der Waals surface area contributed by atoms with Gasteiger partial charge in [-0.3, -0.25) is 4.90 Å². The summed E-state index contributed by atoms with van der Waals surface area (Å²) < 4.78 is 4.89. The van der Waals surface area contributed by atoms with Crippen molar-refractivity contribution in [2.24, 2.45) is 0 Å². The smallest absolute Gasteiger partial charge is 0.0601 e. The van der Waals surface area contributed by atoms with Gasteiger partial charge < -0.3 is 4.74 Å². The van der Waals surface area contributed by atoms with Crippen LogP contribution in [0, 0.1) is 11.8 Å². The van der Waals surface area contributed by atoms with E-state index in [1.165, 1.54) is 0 Å². The molecule has 0 radical (unpaired) electrons. The van der Waals surface area contributed by atoms with Crippen LogP contribution in [0.5, 0.6) is 0 Å². The Morgan fingerprint density at radius 3 is 2.33 bits per heavy atom. The fraction of sp³-hybridized carbons (Fsp3) is 0.800. The summed E-state index contributed by atoms with van der Waals surface area (Å²) in [6.07, 6.45) is 0.845. The zero-order chi connectivity index (χ0) is 9.23. The number of hydrogen-bond acceptors (Lipinski definition) is 2. The van der Waals surface area contributed by atoms with E-state index < -0.39 is 0 Å². The molecule has 0 rings (SSSR count). The first-order valence-corrected chi connectivity index (χ1v) is 4.52. The van der Waals surface area contributed by atoms with E-state index in [9.17, 15) is 0 Å². The summed E-state index contributed by atoms with van der Waals surface area (Å²) in [5.74, 6) is 6.19. The highest BCUT2D eigenvalue weighted by atomic mass is 16.5. The van der Waals surface area contributed by atoms with Gasteiger partial charge in [0.1, 0.15) is 0 Å². The molecule has 0 aromatic carbocycles. The van der Waals surface area contributed by atoms with E-state index in [0.29, 0.717) is 0 Å². The molecule has 0 saturated heterocycles. The minimum Gasteiger partial charge on any atom is -0.384 e. The second-order valence-corrected chi connectivity index (χ2v) is 2.56. The maximum absolute atomic E-state index is 4.89. The molecule has 0 aliphatic rings. The highest BCUT2D eigenvalue weighted by Crippen LogP contribution is 1.84. The summed E-state index contributed by atoms with van der Waals surface area (Å²) in [4.78, 5) is 2.29. The third kappa shape index (κ3) is 6.21. The number of nitrogens with zero attached hydrogens (tertiary/aromatic N) is 1. The van der Waals surface area contributed by atoms with Crippen molar-refractivity contribution < 1.29 is 4.74 Å². The topological polar surface area (TPSA) is 12.5 Å². The maximum atomic E-state index is 4.89. The number of ether oxygens (including phenoxy) is 1. The Balaban J connectivity index is 3.40. The molecule has 0 spiro atoms. The van der Waals surface area contributed by atoms with Crippen molar-refractivity contribution in [3.05, 3.63) is 0 Å². The Morgan fingerprint density at radius 1 is 1.17 bits per heavy atom. The summed E-state index contributed by atoms with van der Waals surface area (Å²) in [6, 6.07) is 0. The van der Waals surface area contributed by atoms with Gasteiger partial charge >= 0.3 is 0 Å². The zero-order valence-corrected chi connectivity index (χ0v) is 8.39. The van der Waals surface area contributed by atoms with Crippen LogP contribution in [-0.4, -0.2) is 38.3 Å². The molecule has 0 aliphatic carbocycles. The Bertz CT molecular complexity index is 142. The molecule has 0 fully saturated rings. The third-order valence-electron chi connectivity index (χ3n) is 1.75. The van der Waals surface area contributed by atoms with Gasteiger partial charge in [0.25, 0.3) is 0 Å². The van der Waals surface area contributed by atoms with Gasteiger partial charge in [-0.05, 0) is 13.1 Å². The van der Waals surface area contributed by atoms with Gasteiger partial charge in [0.05, 0.1) is 13.2 Å². The van der Waals surface area contributed by atoms with Gasteiger partial charge in [-0.1, -0.05) is 25.7 Å².